The Hall–Kier alpha value is -2.70. The quantitative estimate of drug-likeness (QED) is 0.527. The van der Waals surface area contributed by atoms with Crippen molar-refractivity contribution in [1.29, 1.82) is 0 Å². The number of benzene rings is 3. The third-order valence-electron chi connectivity index (χ3n) is 5.20. The zero-order valence-electron chi connectivity index (χ0n) is 17.2. The van der Waals surface area contributed by atoms with Crippen molar-refractivity contribution in [1.82, 2.24) is 5.32 Å². The van der Waals surface area contributed by atoms with Crippen molar-refractivity contribution in [2.24, 2.45) is 0 Å². The van der Waals surface area contributed by atoms with Gasteiger partial charge in [-0.2, -0.15) is 0 Å². The molecule has 0 amide bonds. The van der Waals surface area contributed by atoms with Crippen LogP contribution in [0, 0.1) is 5.82 Å². The standard InChI is InChI=1S/C24H25FN2O2S/c1-28-22-9-3-19(24(14-22)29-2)16-27(21-7-5-20(25)6-8-21)30-23-10-4-18-15-26-12-11-17(18)13-23/h3-10,13-14,26H,11-12,15-16H2,1-2H3. The van der Waals surface area contributed by atoms with Crippen LogP contribution in [0.5, 0.6) is 11.5 Å². The topological polar surface area (TPSA) is 33.7 Å². The summed E-state index contributed by atoms with van der Waals surface area (Å²) in [6, 6.07) is 19.0. The molecule has 4 rings (SSSR count). The zero-order valence-corrected chi connectivity index (χ0v) is 18.0. The highest BCUT2D eigenvalue weighted by Gasteiger charge is 2.16. The molecule has 0 aliphatic carbocycles. The lowest BCUT2D eigenvalue weighted by Crippen LogP contribution is -2.23. The molecule has 0 saturated heterocycles. The van der Waals surface area contributed by atoms with Gasteiger partial charge in [0.1, 0.15) is 17.3 Å². The van der Waals surface area contributed by atoms with Crippen LogP contribution >= 0.6 is 11.9 Å². The van der Waals surface area contributed by atoms with E-state index in [-0.39, 0.29) is 5.82 Å². The smallest absolute Gasteiger partial charge is 0.127 e. The minimum atomic E-state index is -0.244. The Labute approximate surface area is 181 Å². The van der Waals surface area contributed by atoms with E-state index >= 15 is 0 Å². The van der Waals surface area contributed by atoms with Crippen molar-refractivity contribution in [2.45, 2.75) is 24.4 Å². The van der Waals surface area contributed by atoms with Gasteiger partial charge in [0, 0.05) is 28.8 Å². The summed E-state index contributed by atoms with van der Waals surface area (Å²) in [5.41, 5.74) is 4.70. The number of methoxy groups -OCH3 is 2. The Bertz CT molecular complexity index is 1010. The molecule has 30 heavy (non-hydrogen) atoms. The van der Waals surface area contributed by atoms with Crippen LogP contribution in [0.1, 0.15) is 16.7 Å². The van der Waals surface area contributed by atoms with Crippen LogP contribution in [0.4, 0.5) is 10.1 Å². The van der Waals surface area contributed by atoms with Crippen molar-refractivity contribution in [3.63, 3.8) is 0 Å². The van der Waals surface area contributed by atoms with Crippen LogP contribution in [0.3, 0.4) is 0 Å². The van der Waals surface area contributed by atoms with E-state index < -0.39 is 0 Å². The average Bonchev–Trinajstić information content (AvgIpc) is 2.79. The maximum Gasteiger partial charge on any atom is 0.127 e. The summed E-state index contributed by atoms with van der Waals surface area (Å²) in [5.74, 6) is 1.27. The van der Waals surface area contributed by atoms with E-state index in [2.05, 4.69) is 27.8 Å². The summed E-state index contributed by atoms with van der Waals surface area (Å²) >= 11 is 1.65. The lowest BCUT2D eigenvalue weighted by atomic mass is 10.0. The highest BCUT2D eigenvalue weighted by molar-refractivity contribution is 8.00. The first kappa shape index (κ1) is 20.6. The molecule has 0 bridgehead atoms. The van der Waals surface area contributed by atoms with Crippen LogP contribution < -0.4 is 19.1 Å². The maximum atomic E-state index is 13.5. The Morgan fingerprint density at radius 2 is 1.80 bits per heavy atom. The molecule has 0 atom stereocenters. The Balaban J connectivity index is 1.64. The van der Waals surface area contributed by atoms with Gasteiger partial charge in [0.05, 0.1) is 20.8 Å². The first-order valence-electron chi connectivity index (χ1n) is 9.91. The van der Waals surface area contributed by atoms with Gasteiger partial charge in [-0.25, -0.2) is 4.39 Å². The fourth-order valence-electron chi connectivity index (χ4n) is 3.56. The molecule has 1 aliphatic heterocycles. The highest BCUT2D eigenvalue weighted by atomic mass is 32.2. The summed E-state index contributed by atoms with van der Waals surface area (Å²) < 4.78 is 26.6. The molecule has 4 nitrogen and oxygen atoms in total. The molecule has 0 radical (unpaired) electrons. The van der Waals surface area contributed by atoms with Crippen molar-refractivity contribution >= 4 is 17.6 Å². The number of fused-ring (bicyclic) bond motifs is 1. The van der Waals surface area contributed by atoms with Gasteiger partial charge in [0.25, 0.3) is 0 Å². The van der Waals surface area contributed by atoms with Crippen LogP contribution in [0.25, 0.3) is 0 Å². The van der Waals surface area contributed by atoms with Gasteiger partial charge in [0.2, 0.25) is 0 Å². The monoisotopic (exact) mass is 424 g/mol. The average molecular weight is 425 g/mol. The van der Waals surface area contributed by atoms with Gasteiger partial charge in [-0.1, -0.05) is 6.07 Å². The first-order chi connectivity index (χ1) is 14.7. The second-order valence-corrected chi connectivity index (χ2v) is 8.23. The first-order valence-corrected chi connectivity index (χ1v) is 10.7. The molecule has 0 unspecified atom stereocenters. The molecule has 0 fully saturated rings. The van der Waals surface area contributed by atoms with Crippen molar-refractivity contribution < 1.29 is 13.9 Å². The van der Waals surface area contributed by atoms with E-state index in [1.807, 2.05) is 18.2 Å². The third-order valence-corrected chi connectivity index (χ3v) is 6.23. The van der Waals surface area contributed by atoms with E-state index in [1.54, 1.807) is 38.3 Å². The molecule has 1 aliphatic rings. The number of halogens is 1. The van der Waals surface area contributed by atoms with Gasteiger partial charge in [-0.3, -0.25) is 0 Å². The van der Waals surface area contributed by atoms with Gasteiger partial charge >= 0.3 is 0 Å². The molecule has 3 aromatic carbocycles. The van der Waals surface area contributed by atoms with Crippen LogP contribution in [-0.2, 0) is 19.5 Å². The van der Waals surface area contributed by atoms with Crippen molar-refractivity contribution in [2.75, 3.05) is 25.1 Å². The summed E-state index contributed by atoms with van der Waals surface area (Å²) in [7, 11) is 3.30. The number of ether oxygens (including phenoxy) is 2. The normalized spacial score (nSPS) is 12.9. The van der Waals surface area contributed by atoms with E-state index in [1.165, 1.54) is 23.3 Å². The Morgan fingerprint density at radius 3 is 2.57 bits per heavy atom. The summed E-state index contributed by atoms with van der Waals surface area (Å²) in [6.07, 6.45) is 1.03. The van der Waals surface area contributed by atoms with Crippen LogP contribution in [0.2, 0.25) is 0 Å². The lowest BCUT2D eigenvalue weighted by molar-refractivity contribution is 0.391. The predicted molar refractivity (Wildman–Crippen MR) is 120 cm³/mol. The van der Waals surface area contributed by atoms with Gasteiger partial charge in [-0.05, 0) is 84.6 Å². The van der Waals surface area contributed by atoms with Crippen LogP contribution in [0.15, 0.2) is 65.6 Å². The maximum absolute atomic E-state index is 13.5. The number of rotatable bonds is 7. The van der Waals surface area contributed by atoms with Crippen LogP contribution in [-0.4, -0.2) is 20.8 Å². The van der Waals surface area contributed by atoms with E-state index in [0.717, 1.165) is 47.2 Å². The molecule has 1 heterocycles. The summed E-state index contributed by atoms with van der Waals surface area (Å²) in [5, 5.41) is 3.41. The number of anilines is 1. The van der Waals surface area contributed by atoms with E-state index in [4.69, 9.17) is 9.47 Å². The largest absolute Gasteiger partial charge is 0.497 e. The third kappa shape index (κ3) is 4.71. The Morgan fingerprint density at radius 1 is 0.967 bits per heavy atom. The highest BCUT2D eigenvalue weighted by Crippen LogP contribution is 2.35. The lowest BCUT2D eigenvalue weighted by Gasteiger charge is -2.25. The SMILES string of the molecule is COc1ccc(CN(Sc2ccc3c(c2)CCNC3)c2ccc(F)cc2)c(OC)c1. The summed E-state index contributed by atoms with van der Waals surface area (Å²) in [4.78, 5) is 1.16. The molecule has 156 valence electrons. The molecule has 6 heteroatoms. The minimum Gasteiger partial charge on any atom is -0.497 e. The number of nitrogens with one attached hydrogen (secondary N) is 1. The second kappa shape index (κ2) is 9.41. The summed E-state index contributed by atoms with van der Waals surface area (Å²) in [6.45, 7) is 2.53. The van der Waals surface area contributed by atoms with Gasteiger partial charge < -0.3 is 19.1 Å². The molecule has 3 aromatic rings. The second-order valence-electron chi connectivity index (χ2n) is 7.14. The molecule has 1 N–H and O–H groups in total. The number of hydrogen-bond acceptors (Lipinski definition) is 5. The molecule has 0 saturated carbocycles. The zero-order chi connectivity index (χ0) is 20.9. The minimum absolute atomic E-state index is 0.244. The number of nitrogens with zero attached hydrogens (tertiary/aromatic N) is 1. The van der Waals surface area contributed by atoms with Gasteiger partial charge in [-0.15, -0.1) is 0 Å². The van der Waals surface area contributed by atoms with Crippen molar-refractivity contribution in [3.8, 4) is 11.5 Å². The van der Waals surface area contributed by atoms with E-state index in [0.29, 0.717) is 6.54 Å². The molecule has 0 spiro atoms. The number of hydrogen-bond donors (Lipinski definition) is 1. The molecule has 0 aromatic heterocycles. The van der Waals surface area contributed by atoms with Crippen molar-refractivity contribution in [3.05, 3.63) is 83.2 Å². The molecular formula is C24H25FN2O2S. The molecular weight excluding hydrogens is 399 g/mol. The fraction of sp³-hybridized carbons (Fsp3) is 0.250. The Kier molecular flexibility index (Phi) is 6.45. The van der Waals surface area contributed by atoms with Gasteiger partial charge in [0.15, 0.2) is 0 Å². The van der Waals surface area contributed by atoms with E-state index in [9.17, 15) is 4.39 Å². The fourth-order valence-corrected chi connectivity index (χ4v) is 4.57. The predicted octanol–water partition coefficient (Wildman–Crippen LogP) is 5.20.